The van der Waals surface area contributed by atoms with Crippen LogP contribution >= 0.6 is 0 Å². The monoisotopic (exact) mass is 184 g/mol. The number of carbonyl (C=O) groups is 3. The highest BCUT2D eigenvalue weighted by Crippen LogP contribution is 2.10. The van der Waals surface area contributed by atoms with E-state index in [0.29, 0.717) is 0 Å². The zero-order valence-electron chi connectivity index (χ0n) is 7.90. The van der Waals surface area contributed by atoms with Crippen molar-refractivity contribution in [1.29, 1.82) is 0 Å². The van der Waals surface area contributed by atoms with E-state index in [1.54, 1.807) is 14.0 Å². The summed E-state index contributed by atoms with van der Waals surface area (Å²) in [6.45, 7) is 2.83. The predicted octanol–water partition coefficient (Wildman–Crippen LogP) is -0.778. The van der Waals surface area contributed by atoms with Crippen molar-refractivity contribution in [2.24, 2.45) is 0 Å². The summed E-state index contributed by atoms with van der Waals surface area (Å²) in [6, 6.07) is -0.663. The number of piperazine rings is 1. The molecule has 1 heterocycles. The van der Waals surface area contributed by atoms with Crippen molar-refractivity contribution in [3.05, 3.63) is 0 Å². The van der Waals surface area contributed by atoms with Crippen LogP contribution in [0.1, 0.15) is 13.8 Å². The highest BCUT2D eigenvalue weighted by atomic mass is 16.2. The largest absolute Gasteiger partial charge is 0.335 e. The Morgan fingerprint density at radius 3 is 2.46 bits per heavy atom. The second-order valence-electron chi connectivity index (χ2n) is 3.15. The third-order valence-electron chi connectivity index (χ3n) is 2.10. The SMILES string of the molecule is CC(=O)N1C(=O)CN(C)C(=O)C1C. The van der Waals surface area contributed by atoms with Crippen molar-refractivity contribution in [2.45, 2.75) is 19.9 Å². The number of likely N-dealkylation sites (N-methyl/N-ethyl adjacent to an activating group) is 1. The lowest BCUT2D eigenvalue weighted by Gasteiger charge is -2.34. The van der Waals surface area contributed by atoms with Gasteiger partial charge in [0.15, 0.2) is 0 Å². The molecular weight excluding hydrogens is 172 g/mol. The maximum Gasteiger partial charge on any atom is 0.249 e. The molecule has 0 saturated carbocycles. The van der Waals surface area contributed by atoms with Crippen molar-refractivity contribution >= 4 is 17.7 Å². The fraction of sp³-hybridized carbons (Fsp3) is 0.625. The molecule has 0 spiro atoms. The van der Waals surface area contributed by atoms with Crippen LogP contribution in [-0.2, 0) is 14.4 Å². The van der Waals surface area contributed by atoms with Crippen molar-refractivity contribution in [3.8, 4) is 0 Å². The number of amides is 3. The number of rotatable bonds is 0. The Labute approximate surface area is 76.3 Å². The minimum atomic E-state index is -0.663. The van der Waals surface area contributed by atoms with Gasteiger partial charge < -0.3 is 4.90 Å². The maximum atomic E-state index is 11.4. The van der Waals surface area contributed by atoms with Crippen molar-refractivity contribution in [3.63, 3.8) is 0 Å². The van der Waals surface area contributed by atoms with Crippen LogP contribution < -0.4 is 0 Å². The third kappa shape index (κ3) is 1.54. The lowest BCUT2D eigenvalue weighted by molar-refractivity contribution is -0.160. The summed E-state index contributed by atoms with van der Waals surface area (Å²) in [7, 11) is 1.55. The van der Waals surface area contributed by atoms with E-state index in [1.165, 1.54) is 11.8 Å². The van der Waals surface area contributed by atoms with Crippen LogP contribution in [0.4, 0.5) is 0 Å². The lowest BCUT2D eigenvalue weighted by Crippen LogP contribution is -2.58. The molecule has 0 aromatic heterocycles. The molecule has 5 heteroatoms. The Morgan fingerprint density at radius 1 is 1.46 bits per heavy atom. The Bertz CT molecular complexity index is 275. The molecule has 1 saturated heterocycles. The molecule has 0 radical (unpaired) electrons. The van der Waals surface area contributed by atoms with Gasteiger partial charge in [-0.05, 0) is 6.92 Å². The first-order valence-corrected chi connectivity index (χ1v) is 4.02. The summed E-state index contributed by atoms with van der Waals surface area (Å²) >= 11 is 0. The Morgan fingerprint density at radius 2 is 2.00 bits per heavy atom. The third-order valence-corrected chi connectivity index (χ3v) is 2.10. The summed E-state index contributed by atoms with van der Waals surface area (Å²) in [4.78, 5) is 36.0. The molecule has 1 rings (SSSR count). The first kappa shape index (κ1) is 9.70. The smallest absolute Gasteiger partial charge is 0.249 e. The van der Waals surface area contributed by atoms with Gasteiger partial charge in [0.2, 0.25) is 17.7 Å². The highest BCUT2D eigenvalue weighted by Gasteiger charge is 2.36. The van der Waals surface area contributed by atoms with Crippen molar-refractivity contribution in [2.75, 3.05) is 13.6 Å². The molecular formula is C8H12N2O3. The summed E-state index contributed by atoms with van der Waals surface area (Å²) < 4.78 is 0. The molecule has 1 aliphatic heterocycles. The van der Waals surface area contributed by atoms with Crippen LogP contribution in [0.15, 0.2) is 0 Å². The molecule has 0 aromatic carbocycles. The van der Waals surface area contributed by atoms with E-state index in [-0.39, 0.29) is 24.3 Å². The molecule has 72 valence electrons. The number of hydrogen-bond donors (Lipinski definition) is 0. The lowest BCUT2D eigenvalue weighted by atomic mass is 10.2. The van der Waals surface area contributed by atoms with E-state index in [9.17, 15) is 14.4 Å². The number of imide groups is 1. The van der Waals surface area contributed by atoms with Gasteiger partial charge in [0.05, 0.1) is 6.54 Å². The normalized spacial score (nSPS) is 23.8. The summed E-state index contributed by atoms with van der Waals surface area (Å²) in [6.07, 6.45) is 0. The summed E-state index contributed by atoms with van der Waals surface area (Å²) in [5.74, 6) is -0.893. The minimum Gasteiger partial charge on any atom is -0.335 e. The van der Waals surface area contributed by atoms with Crippen molar-refractivity contribution in [1.82, 2.24) is 9.80 Å². The standard InChI is InChI=1S/C8H12N2O3/c1-5-8(13)9(3)4-7(12)10(5)6(2)11/h5H,4H2,1-3H3. The molecule has 0 aliphatic carbocycles. The second-order valence-corrected chi connectivity index (χ2v) is 3.15. The minimum absolute atomic E-state index is 0.0112. The molecule has 0 N–H and O–H groups in total. The second kappa shape index (κ2) is 3.16. The van der Waals surface area contributed by atoms with E-state index >= 15 is 0 Å². The van der Waals surface area contributed by atoms with E-state index in [0.717, 1.165) is 4.90 Å². The van der Waals surface area contributed by atoms with Crippen LogP contribution in [0.3, 0.4) is 0 Å². The number of carbonyl (C=O) groups excluding carboxylic acids is 3. The van der Waals surface area contributed by atoms with Crippen LogP contribution in [-0.4, -0.2) is 47.2 Å². The van der Waals surface area contributed by atoms with Gasteiger partial charge in [-0.1, -0.05) is 0 Å². The Balaban J connectivity index is 2.92. The van der Waals surface area contributed by atoms with E-state index in [4.69, 9.17) is 0 Å². The van der Waals surface area contributed by atoms with Gasteiger partial charge in [0, 0.05) is 14.0 Å². The van der Waals surface area contributed by atoms with Crippen LogP contribution in [0.25, 0.3) is 0 Å². The predicted molar refractivity (Wildman–Crippen MR) is 44.6 cm³/mol. The van der Waals surface area contributed by atoms with Gasteiger partial charge in [-0.25, -0.2) is 0 Å². The quantitative estimate of drug-likeness (QED) is 0.496. The zero-order valence-corrected chi connectivity index (χ0v) is 7.90. The fourth-order valence-corrected chi connectivity index (χ4v) is 1.45. The maximum absolute atomic E-state index is 11.4. The first-order valence-electron chi connectivity index (χ1n) is 4.02. The molecule has 1 fully saturated rings. The van der Waals surface area contributed by atoms with E-state index < -0.39 is 6.04 Å². The molecule has 1 aliphatic rings. The molecule has 3 amide bonds. The molecule has 13 heavy (non-hydrogen) atoms. The molecule has 5 nitrogen and oxygen atoms in total. The number of nitrogens with zero attached hydrogens (tertiary/aromatic N) is 2. The average molecular weight is 184 g/mol. The van der Waals surface area contributed by atoms with Gasteiger partial charge in [0.1, 0.15) is 6.04 Å². The van der Waals surface area contributed by atoms with Gasteiger partial charge in [-0.3, -0.25) is 19.3 Å². The van der Waals surface area contributed by atoms with Crippen molar-refractivity contribution < 1.29 is 14.4 Å². The topological polar surface area (TPSA) is 57.7 Å². The van der Waals surface area contributed by atoms with Crippen LogP contribution in [0, 0.1) is 0 Å². The molecule has 0 aromatic rings. The number of hydrogen-bond acceptors (Lipinski definition) is 3. The fourth-order valence-electron chi connectivity index (χ4n) is 1.45. The summed E-state index contributed by atoms with van der Waals surface area (Å²) in [5, 5.41) is 0. The molecule has 1 unspecified atom stereocenters. The Hall–Kier alpha value is -1.39. The average Bonchev–Trinajstić information content (AvgIpc) is 1.99. The Kier molecular flexibility index (Phi) is 2.36. The summed E-state index contributed by atoms with van der Waals surface area (Å²) in [5.41, 5.74) is 0. The van der Waals surface area contributed by atoms with Gasteiger partial charge in [-0.2, -0.15) is 0 Å². The van der Waals surface area contributed by atoms with Gasteiger partial charge in [-0.15, -0.1) is 0 Å². The van der Waals surface area contributed by atoms with E-state index in [1.807, 2.05) is 0 Å². The molecule has 0 bridgehead atoms. The van der Waals surface area contributed by atoms with Gasteiger partial charge in [0.25, 0.3) is 0 Å². The molecule has 1 atom stereocenters. The van der Waals surface area contributed by atoms with Crippen LogP contribution in [0.2, 0.25) is 0 Å². The first-order chi connectivity index (χ1) is 5.95. The highest BCUT2D eigenvalue weighted by molar-refractivity contribution is 6.04. The van der Waals surface area contributed by atoms with Crippen LogP contribution in [0.5, 0.6) is 0 Å². The zero-order chi connectivity index (χ0) is 10.2. The van der Waals surface area contributed by atoms with E-state index in [2.05, 4.69) is 0 Å². The van der Waals surface area contributed by atoms with Gasteiger partial charge >= 0.3 is 0 Å².